The molecule has 144 valence electrons. The van der Waals surface area contributed by atoms with Crippen LogP contribution in [0.15, 0.2) is 53.0 Å². The zero-order valence-corrected chi connectivity index (χ0v) is 15.8. The van der Waals surface area contributed by atoms with E-state index in [9.17, 15) is 4.79 Å². The lowest BCUT2D eigenvalue weighted by molar-refractivity contribution is -0.139. The Morgan fingerprint density at radius 2 is 1.93 bits per heavy atom. The Balaban J connectivity index is 1.62. The highest BCUT2D eigenvalue weighted by Crippen LogP contribution is 2.31. The minimum atomic E-state index is -0.542. The molecule has 7 nitrogen and oxygen atoms in total. The predicted octanol–water partition coefficient (Wildman–Crippen LogP) is 3.82. The van der Waals surface area contributed by atoms with Crippen LogP contribution in [0, 0.1) is 6.92 Å². The molecule has 3 aromatic rings. The number of carbonyl (C=O) groups excluding carboxylic acids is 1. The third-order valence-electron chi connectivity index (χ3n) is 3.90. The van der Waals surface area contributed by atoms with E-state index >= 15 is 0 Å². The van der Waals surface area contributed by atoms with E-state index in [1.807, 2.05) is 31.2 Å². The van der Waals surface area contributed by atoms with Gasteiger partial charge < -0.3 is 18.6 Å². The smallest absolute Gasteiger partial charge is 0.331 e. The highest BCUT2D eigenvalue weighted by atomic mass is 16.5. The average Bonchev–Trinajstić information content (AvgIpc) is 3.19. The Morgan fingerprint density at radius 3 is 2.68 bits per heavy atom. The lowest BCUT2D eigenvalue weighted by Crippen LogP contribution is -2.01. The molecule has 0 bridgehead atoms. The molecule has 2 aromatic carbocycles. The quantitative estimate of drug-likeness (QED) is 0.455. The van der Waals surface area contributed by atoms with Crippen LogP contribution in [0.1, 0.15) is 17.0 Å². The predicted molar refractivity (Wildman–Crippen MR) is 103 cm³/mol. The molecule has 0 radical (unpaired) electrons. The Labute approximate surface area is 162 Å². The maximum atomic E-state index is 12.0. The molecule has 0 aliphatic carbocycles. The van der Waals surface area contributed by atoms with Gasteiger partial charge in [-0.15, -0.1) is 10.2 Å². The van der Waals surface area contributed by atoms with E-state index in [1.54, 1.807) is 31.4 Å². The second-order valence-corrected chi connectivity index (χ2v) is 5.89. The summed E-state index contributed by atoms with van der Waals surface area (Å²) in [5, 5.41) is 7.89. The van der Waals surface area contributed by atoms with Gasteiger partial charge in [-0.2, -0.15) is 0 Å². The van der Waals surface area contributed by atoms with Crippen molar-refractivity contribution in [2.24, 2.45) is 0 Å². The first-order valence-corrected chi connectivity index (χ1v) is 8.56. The first-order chi connectivity index (χ1) is 13.6. The molecule has 0 atom stereocenters. The van der Waals surface area contributed by atoms with Crippen LogP contribution in [0.2, 0.25) is 0 Å². The summed E-state index contributed by atoms with van der Waals surface area (Å²) in [7, 11) is 3.09. The maximum Gasteiger partial charge on any atom is 0.331 e. The van der Waals surface area contributed by atoms with Crippen molar-refractivity contribution in [2.45, 2.75) is 13.5 Å². The summed E-state index contributed by atoms with van der Waals surface area (Å²) in [6.45, 7) is 1.86. The van der Waals surface area contributed by atoms with Crippen molar-refractivity contribution >= 4 is 12.0 Å². The molecule has 7 heteroatoms. The van der Waals surface area contributed by atoms with Crippen molar-refractivity contribution in [3.8, 4) is 23.0 Å². The number of rotatable bonds is 7. The highest BCUT2D eigenvalue weighted by molar-refractivity contribution is 5.87. The highest BCUT2D eigenvalue weighted by Gasteiger charge is 2.11. The van der Waals surface area contributed by atoms with Crippen molar-refractivity contribution in [3.05, 3.63) is 65.6 Å². The van der Waals surface area contributed by atoms with Gasteiger partial charge in [-0.3, -0.25) is 0 Å². The van der Waals surface area contributed by atoms with Gasteiger partial charge in [0.05, 0.1) is 14.2 Å². The van der Waals surface area contributed by atoms with Crippen molar-refractivity contribution in [1.82, 2.24) is 10.2 Å². The third-order valence-corrected chi connectivity index (χ3v) is 3.90. The molecule has 0 fully saturated rings. The Morgan fingerprint density at radius 1 is 1.11 bits per heavy atom. The van der Waals surface area contributed by atoms with E-state index < -0.39 is 5.97 Å². The number of methoxy groups -OCH3 is 2. The van der Waals surface area contributed by atoms with Crippen LogP contribution >= 0.6 is 0 Å². The Kier molecular flexibility index (Phi) is 6.06. The van der Waals surface area contributed by atoms with E-state index in [0.29, 0.717) is 23.0 Å². The van der Waals surface area contributed by atoms with Crippen molar-refractivity contribution in [3.63, 3.8) is 0 Å². The van der Waals surface area contributed by atoms with Gasteiger partial charge in [-0.1, -0.05) is 29.8 Å². The molecular formula is C21H20N2O5. The van der Waals surface area contributed by atoms with Crippen LogP contribution in [0.25, 0.3) is 17.5 Å². The molecule has 0 spiro atoms. The van der Waals surface area contributed by atoms with Gasteiger partial charge in [0, 0.05) is 17.2 Å². The monoisotopic (exact) mass is 380 g/mol. The van der Waals surface area contributed by atoms with Crippen LogP contribution in [0.3, 0.4) is 0 Å². The van der Waals surface area contributed by atoms with E-state index in [1.165, 1.54) is 13.2 Å². The van der Waals surface area contributed by atoms with Gasteiger partial charge in [-0.05, 0) is 31.2 Å². The Hall–Kier alpha value is -3.61. The van der Waals surface area contributed by atoms with Crippen molar-refractivity contribution in [2.75, 3.05) is 14.2 Å². The second kappa shape index (κ2) is 8.85. The minimum absolute atomic E-state index is 0.114. The molecule has 3 rings (SSSR count). The summed E-state index contributed by atoms with van der Waals surface area (Å²) in [5.74, 6) is 1.17. The number of benzene rings is 2. The molecule has 0 N–H and O–H groups in total. The number of carbonyl (C=O) groups is 1. The van der Waals surface area contributed by atoms with Crippen LogP contribution in [0.5, 0.6) is 11.5 Å². The van der Waals surface area contributed by atoms with Gasteiger partial charge in [-0.25, -0.2) is 4.79 Å². The molecule has 0 amide bonds. The molecule has 1 heterocycles. The Bertz CT molecular complexity index is 994. The van der Waals surface area contributed by atoms with E-state index in [-0.39, 0.29) is 12.5 Å². The summed E-state index contributed by atoms with van der Waals surface area (Å²) in [5.41, 5.74) is 2.59. The molecule has 1 aromatic heterocycles. The third kappa shape index (κ3) is 4.56. The number of nitrogens with zero attached hydrogens (tertiary/aromatic N) is 2. The van der Waals surface area contributed by atoms with E-state index in [0.717, 1.165) is 11.1 Å². The average molecular weight is 380 g/mol. The first kappa shape index (κ1) is 19.2. The fraction of sp³-hybridized carbons (Fsp3) is 0.190. The summed E-state index contributed by atoms with van der Waals surface area (Å²) in [4.78, 5) is 12.0. The largest absolute Gasteiger partial charge is 0.493 e. The van der Waals surface area contributed by atoms with Gasteiger partial charge in [0.25, 0.3) is 5.89 Å². The molecule has 28 heavy (non-hydrogen) atoms. The minimum Gasteiger partial charge on any atom is -0.493 e. The van der Waals surface area contributed by atoms with Gasteiger partial charge >= 0.3 is 5.97 Å². The van der Waals surface area contributed by atoms with Crippen LogP contribution in [-0.4, -0.2) is 30.4 Å². The van der Waals surface area contributed by atoms with Gasteiger partial charge in [0.15, 0.2) is 18.1 Å². The SMILES string of the molecule is COc1cccc(/C=C/C(=O)OCc2nnc(-c3cccc(C)c3)o2)c1OC. The lowest BCUT2D eigenvalue weighted by atomic mass is 10.1. The fourth-order valence-electron chi connectivity index (χ4n) is 2.59. The summed E-state index contributed by atoms with van der Waals surface area (Å²) < 4.78 is 21.3. The normalized spacial score (nSPS) is 10.8. The summed E-state index contributed by atoms with van der Waals surface area (Å²) in [6, 6.07) is 13.1. The molecule has 0 saturated heterocycles. The zero-order valence-electron chi connectivity index (χ0n) is 15.8. The van der Waals surface area contributed by atoms with E-state index in [2.05, 4.69) is 10.2 Å². The summed E-state index contributed by atoms with van der Waals surface area (Å²) >= 11 is 0. The zero-order chi connectivity index (χ0) is 19.9. The number of esters is 1. The van der Waals surface area contributed by atoms with Gasteiger partial charge in [0.2, 0.25) is 5.89 Å². The number of aryl methyl sites for hydroxylation is 1. The topological polar surface area (TPSA) is 83.7 Å². The number of hydrogen-bond acceptors (Lipinski definition) is 7. The number of aromatic nitrogens is 2. The standard InChI is InChI=1S/C21H20N2O5/c1-14-6-4-8-16(12-14)21-23-22-18(28-21)13-27-19(24)11-10-15-7-5-9-17(25-2)20(15)26-3/h4-12H,13H2,1-3H3/b11-10+. The van der Waals surface area contributed by atoms with Crippen LogP contribution in [0.4, 0.5) is 0 Å². The maximum absolute atomic E-state index is 12.0. The first-order valence-electron chi connectivity index (χ1n) is 8.56. The number of para-hydroxylation sites is 1. The molecule has 0 aliphatic heterocycles. The van der Waals surface area contributed by atoms with Crippen molar-refractivity contribution < 1.29 is 23.4 Å². The molecular weight excluding hydrogens is 360 g/mol. The van der Waals surface area contributed by atoms with E-state index in [4.69, 9.17) is 18.6 Å². The molecule has 0 unspecified atom stereocenters. The lowest BCUT2D eigenvalue weighted by Gasteiger charge is -2.09. The number of hydrogen-bond donors (Lipinski definition) is 0. The number of ether oxygens (including phenoxy) is 3. The molecule has 0 aliphatic rings. The van der Waals surface area contributed by atoms with Crippen LogP contribution < -0.4 is 9.47 Å². The summed E-state index contributed by atoms with van der Waals surface area (Å²) in [6.07, 6.45) is 2.89. The van der Waals surface area contributed by atoms with Crippen molar-refractivity contribution in [1.29, 1.82) is 0 Å². The second-order valence-electron chi connectivity index (χ2n) is 5.89. The van der Waals surface area contributed by atoms with Crippen LogP contribution in [-0.2, 0) is 16.1 Å². The molecule has 0 saturated carbocycles. The fourth-order valence-corrected chi connectivity index (χ4v) is 2.59. The van der Waals surface area contributed by atoms with Gasteiger partial charge in [0.1, 0.15) is 0 Å².